The zero-order chi connectivity index (χ0) is 13.3. The number of fused-ring (bicyclic) bond motifs is 1. The smallest absolute Gasteiger partial charge is 0.0720 e. The van der Waals surface area contributed by atoms with E-state index in [4.69, 9.17) is 23.2 Å². The van der Waals surface area contributed by atoms with Crippen molar-refractivity contribution < 1.29 is 0 Å². The predicted molar refractivity (Wildman–Crippen MR) is 79.5 cm³/mol. The van der Waals surface area contributed by atoms with Crippen LogP contribution in [0.2, 0.25) is 5.02 Å². The number of halogens is 2. The minimum atomic E-state index is 0.719. The molecule has 0 spiro atoms. The van der Waals surface area contributed by atoms with Gasteiger partial charge < -0.3 is 0 Å². The van der Waals surface area contributed by atoms with E-state index in [0.717, 1.165) is 38.6 Å². The number of allylic oxidation sites excluding steroid dienone is 2. The molecule has 0 atom stereocenters. The number of aryl methyl sites for hydroxylation is 2. The molecule has 1 aromatic carbocycles. The summed E-state index contributed by atoms with van der Waals surface area (Å²) in [6.45, 7) is 5.90. The molecule has 0 aliphatic heterocycles. The Labute approximate surface area is 117 Å². The fourth-order valence-corrected chi connectivity index (χ4v) is 2.42. The second kappa shape index (κ2) is 5.29. The molecule has 0 bridgehead atoms. The largest absolute Gasteiger partial charge is 0.253 e. The van der Waals surface area contributed by atoms with Gasteiger partial charge >= 0.3 is 0 Å². The van der Waals surface area contributed by atoms with Crippen LogP contribution in [0.25, 0.3) is 10.9 Å². The summed E-state index contributed by atoms with van der Waals surface area (Å²) in [6, 6.07) is 6.13. The van der Waals surface area contributed by atoms with E-state index in [-0.39, 0.29) is 0 Å². The summed E-state index contributed by atoms with van der Waals surface area (Å²) in [5.74, 6) is 0. The zero-order valence-electron chi connectivity index (χ0n) is 10.7. The molecule has 94 valence electrons. The lowest BCUT2D eigenvalue weighted by molar-refractivity contribution is 1.13. The minimum Gasteiger partial charge on any atom is -0.253 e. The maximum absolute atomic E-state index is 6.49. The number of hydrogen-bond donors (Lipinski definition) is 0. The molecule has 0 amide bonds. The van der Waals surface area contributed by atoms with Gasteiger partial charge in [-0.15, -0.1) is 0 Å². The van der Waals surface area contributed by atoms with Gasteiger partial charge in [-0.3, -0.25) is 4.98 Å². The van der Waals surface area contributed by atoms with Crippen LogP contribution in [-0.4, -0.2) is 4.98 Å². The zero-order valence-corrected chi connectivity index (χ0v) is 12.2. The quantitative estimate of drug-likeness (QED) is 0.737. The van der Waals surface area contributed by atoms with Crippen LogP contribution in [0.4, 0.5) is 0 Å². The van der Waals surface area contributed by atoms with Gasteiger partial charge in [0.1, 0.15) is 0 Å². The summed E-state index contributed by atoms with van der Waals surface area (Å²) in [5, 5.41) is 2.57. The molecule has 0 aliphatic rings. The molecule has 1 aromatic heterocycles. The van der Waals surface area contributed by atoms with Crippen molar-refractivity contribution in [2.45, 2.75) is 27.2 Å². The molecule has 3 heteroatoms. The van der Waals surface area contributed by atoms with Crippen LogP contribution >= 0.6 is 23.2 Å². The summed E-state index contributed by atoms with van der Waals surface area (Å²) in [7, 11) is 0. The van der Waals surface area contributed by atoms with Crippen molar-refractivity contribution in [2.24, 2.45) is 0 Å². The molecule has 0 aliphatic carbocycles. The molecule has 2 rings (SSSR count). The van der Waals surface area contributed by atoms with Crippen molar-refractivity contribution >= 4 is 34.1 Å². The first-order valence-corrected chi connectivity index (χ1v) is 6.62. The lowest BCUT2D eigenvalue weighted by Crippen LogP contribution is -1.95. The van der Waals surface area contributed by atoms with Gasteiger partial charge in [-0.1, -0.05) is 40.9 Å². The SMILES string of the molecule is CC(Cl)=CCc1c(C)nc2ccc(C)cc2c1Cl. The molecular formula is C15H15Cl2N. The summed E-state index contributed by atoms with van der Waals surface area (Å²) >= 11 is 12.4. The number of nitrogens with zero attached hydrogens (tertiary/aromatic N) is 1. The van der Waals surface area contributed by atoms with E-state index < -0.39 is 0 Å². The number of hydrogen-bond acceptors (Lipinski definition) is 1. The minimum absolute atomic E-state index is 0.719. The highest BCUT2D eigenvalue weighted by molar-refractivity contribution is 6.36. The number of rotatable bonds is 2. The van der Waals surface area contributed by atoms with E-state index in [9.17, 15) is 0 Å². The van der Waals surface area contributed by atoms with Crippen molar-refractivity contribution in [1.29, 1.82) is 0 Å². The third-order valence-corrected chi connectivity index (χ3v) is 3.55. The fraction of sp³-hybridized carbons (Fsp3) is 0.267. The first-order valence-electron chi connectivity index (χ1n) is 5.86. The van der Waals surface area contributed by atoms with Crippen molar-refractivity contribution in [3.8, 4) is 0 Å². The first kappa shape index (κ1) is 13.4. The van der Waals surface area contributed by atoms with Crippen LogP contribution in [0.15, 0.2) is 29.3 Å². The van der Waals surface area contributed by atoms with Gasteiger partial charge in [0, 0.05) is 16.1 Å². The van der Waals surface area contributed by atoms with Crippen LogP contribution in [-0.2, 0) is 6.42 Å². The molecule has 0 fully saturated rings. The molecule has 0 N–H and O–H groups in total. The molecule has 18 heavy (non-hydrogen) atoms. The first-order chi connectivity index (χ1) is 8.49. The molecule has 1 nitrogen and oxygen atoms in total. The Bertz CT molecular complexity index is 626. The second-order valence-electron chi connectivity index (χ2n) is 4.51. The Kier molecular flexibility index (Phi) is 3.94. The predicted octanol–water partition coefficient (Wildman–Crippen LogP) is 5.19. The molecule has 2 aromatic rings. The molecule has 0 saturated heterocycles. The molecule has 1 heterocycles. The Morgan fingerprint density at radius 3 is 2.72 bits per heavy atom. The average molecular weight is 280 g/mol. The number of pyridine rings is 1. The number of aromatic nitrogens is 1. The Morgan fingerprint density at radius 2 is 2.06 bits per heavy atom. The van der Waals surface area contributed by atoms with Crippen molar-refractivity contribution in [2.75, 3.05) is 0 Å². The fourth-order valence-electron chi connectivity index (χ4n) is 1.97. The summed E-state index contributed by atoms with van der Waals surface area (Å²) in [5.41, 5.74) is 4.14. The van der Waals surface area contributed by atoms with Crippen LogP contribution in [0, 0.1) is 13.8 Å². The maximum Gasteiger partial charge on any atom is 0.0720 e. The highest BCUT2D eigenvalue weighted by Crippen LogP contribution is 2.29. The average Bonchev–Trinajstić information content (AvgIpc) is 2.30. The van der Waals surface area contributed by atoms with Gasteiger partial charge in [0.25, 0.3) is 0 Å². The van der Waals surface area contributed by atoms with E-state index >= 15 is 0 Å². The van der Waals surface area contributed by atoms with E-state index in [0.29, 0.717) is 0 Å². The molecule has 0 saturated carbocycles. The van der Waals surface area contributed by atoms with E-state index in [1.807, 2.05) is 32.1 Å². The van der Waals surface area contributed by atoms with Crippen LogP contribution < -0.4 is 0 Å². The van der Waals surface area contributed by atoms with Crippen molar-refractivity contribution in [1.82, 2.24) is 4.98 Å². The van der Waals surface area contributed by atoms with E-state index in [1.165, 1.54) is 5.56 Å². The summed E-state index contributed by atoms with van der Waals surface area (Å²) in [6.07, 6.45) is 2.68. The lowest BCUT2D eigenvalue weighted by atomic mass is 10.0. The molecule has 0 radical (unpaired) electrons. The molecule has 0 unspecified atom stereocenters. The monoisotopic (exact) mass is 279 g/mol. The summed E-state index contributed by atoms with van der Waals surface area (Å²) in [4.78, 5) is 4.60. The van der Waals surface area contributed by atoms with Crippen LogP contribution in [0.5, 0.6) is 0 Å². The summed E-state index contributed by atoms with van der Waals surface area (Å²) < 4.78 is 0. The van der Waals surface area contributed by atoms with E-state index in [1.54, 1.807) is 0 Å². The second-order valence-corrected chi connectivity index (χ2v) is 5.48. The standard InChI is InChI=1S/C15H15Cl2N/c1-9-4-7-14-13(8-9)15(17)12(11(3)18-14)6-5-10(2)16/h4-5,7-8H,6H2,1-3H3. The van der Waals surface area contributed by atoms with E-state index in [2.05, 4.69) is 18.0 Å². The topological polar surface area (TPSA) is 12.9 Å². The van der Waals surface area contributed by atoms with Crippen LogP contribution in [0.3, 0.4) is 0 Å². The van der Waals surface area contributed by atoms with Crippen LogP contribution in [0.1, 0.15) is 23.7 Å². The Balaban J connectivity index is 2.63. The van der Waals surface area contributed by atoms with Gasteiger partial charge in [-0.05, 0) is 44.9 Å². The van der Waals surface area contributed by atoms with Gasteiger partial charge in [-0.2, -0.15) is 0 Å². The maximum atomic E-state index is 6.49. The third kappa shape index (κ3) is 2.68. The Morgan fingerprint density at radius 1 is 1.33 bits per heavy atom. The highest BCUT2D eigenvalue weighted by atomic mass is 35.5. The van der Waals surface area contributed by atoms with Gasteiger partial charge in [0.05, 0.1) is 10.5 Å². The lowest BCUT2D eigenvalue weighted by Gasteiger charge is -2.10. The van der Waals surface area contributed by atoms with Gasteiger partial charge in [-0.25, -0.2) is 0 Å². The third-order valence-electron chi connectivity index (χ3n) is 2.97. The Hall–Kier alpha value is -1.05. The highest BCUT2D eigenvalue weighted by Gasteiger charge is 2.10. The van der Waals surface area contributed by atoms with Crippen molar-refractivity contribution in [3.05, 3.63) is 51.2 Å². The molecular weight excluding hydrogens is 265 g/mol. The number of benzene rings is 1. The van der Waals surface area contributed by atoms with Gasteiger partial charge in [0.15, 0.2) is 0 Å². The van der Waals surface area contributed by atoms with Crippen molar-refractivity contribution in [3.63, 3.8) is 0 Å². The normalized spacial score (nSPS) is 12.2. The van der Waals surface area contributed by atoms with Gasteiger partial charge in [0.2, 0.25) is 0 Å².